The summed E-state index contributed by atoms with van der Waals surface area (Å²) in [7, 11) is 0. The predicted molar refractivity (Wildman–Crippen MR) is 108 cm³/mol. The van der Waals surface area contributed by atoms with Crippen LogP contribution in [0.3, 0.4) is 0 Å². The number of pyridine rings is 1. The summed E-state index contributed by atoms with van der Waals surface area (Å²) in [6.07, 6.45) is 12.1. The van der Waals surface area contributed by atoms with Gasteiger partial charge in [-0.05, 0) is 99.7 Å². The van der Waals surface area contributed by atoms with Crippen molar-refractivity contribution in [1.29, 1.82) is 0 Å². The van der Waals surface area contributed by atoms with Crippen LogP contribution in [-0.2, 0) is 16.0 Å². The molecule has 1 atom stereocenters. The molecule has 4 bridgehead atoms. The molecule has 0 radical (unpaired) electrons. The zero-order valence-electron chi connectivity index (χ0n) is 17.2. The second-order valence-electron chi connectivity index (χ2n) is 9.47. The van der Waals surface area contributed by atoms with E-state index in [4.69, 9.17) is 0 Å². The second kappa shape index (κ2) is 7.84. The number of hydrogen-bond donors (Lipinski definition) is 1. The minimum Gasteiger partial charge on any atom is -0.345 e. The number of nitrogens with one attached hydrogen (secondary N) is 1. The SMILES string of the molecule is CCN(CCc1ccncc1)C(=O)C(=O)NC(C)C12CC3CC(CC(C3)C1)C2. The van der Waals surface area contributed by atoms with Crippen LogP contribution in [0.4, 0.5) is 0 Å². The van der Waals surface area contributed by atoms with Crippen LogP contribution >= 0.6 is 0 Å². The summed E-state index contributed by atoms with van der Waals surface area (Å²) in [5, 5.41) is 3.11. The third-order valence-corrected chi connectivity index (χ3v) is 7.63. The monoisotopic (exact) mass is 383 g/mol. The Labute approximate surface area is 168 Å². The van der Waals surface area contributed by atoms with Gasteiger partial charge in [0.1, 0.15) is 0 Å². The molecule has 1 N–H and O–H groups in total. The highest BCUT2D eigenvalue weighted by atomic mass is 16.2. The molecule has 1 aromatic rings. The van der Waals surface area contributed by atoms with E-state index in [1.54, 1.807) is 17.3 Å². The zero-order valence-corrected chi connectivity index (χ0v) is 17.2. The van der Waals surface area contributed by atoms with Crippen LogP contribution in [-0.4, -0.2) is 40.8 Å². The smallest absolute Gasteiger partial charge is 0.311 e. The van der Waals surface area contributed by atoms with Crippen molar-refractivity contribution in [2.45, 2.75) is 64.8 Å². The lowest BCUT2D eigenvalue weighted by molar-refractivity contribution is -0.147. The molecule has 5 nitrogen and oxygen atoms in total. The minimum atomic E-state index is -0.431. The van der Waals surface area contributed by atoms with Crippen LogP contribution < -0.4 is 5.32 Å². The Morgan fingerprint density at radius 1 is 1.14 bits per heavy atom. The van der Waals surface area contributed by atoms with Crippen molar-refractivity contribution in [2.24, 2.45) is 23.2 Å². The topological polar surface area (TPSA) is 62.3 Å². The van der Waals surface area contributed by atoms with Gasteiger partial charge in [0.25, 0.3) is 0 Å². The number of hydrogen-bond acceptors (Lipinski definition) is 3. The first-order valence-electron chi connectivity index (χ1n) is 11.0. The Morgan fingerprint density at radius 2 is 1.71 bits per heavy atom. The Balaban J connectivity index is 1.35. The molecule has 1 unspecified atom stereocenters. The van der Waals surface area contributed by atoms with E-state index in [-0.39, 0.29) is 11.5 Å². The third kappa shape index (κ3) is 3.81. The first-order valence-corrected chi connectivity index (χ1v) is 11.0. The lowest BCUT2D eigenvalue weighted by Gasteiger charge is -2.59. The number of likely N-dealkylation sites (N-methyl/N-ethyl adjacent to an activating group) is 1. The van der Waals surface area contributed by atoms with Crippen molar-refractivity contribution in [1.82, 2.24) is 15.2 Å². The number of rotatable bonds is 6. The molecule has 4 fully saturated rings. The Bertz CT molecular complexity index is 683. The minimum absolute atomic E-state index is 0.0799. The van der Waals surface area contributed by atoms with Crippen molar-refractivity contribution in [3.05, 3.63) is 30.1 Å². The standard InChI is InChI=1S/C23H33N3O2/c1-3-26(9-6-17-4-7-24-8-5-17)22(28)21(27)25-16(2)23-13-18-10-19(14-23)12-20(11-18)15-23/h4-5,7-8,16,18-20H,3,6,9-15H2,1-2H3,(H,25,27). The maximum Gasteiger partial charge on any atom is 0.311 e. The fourth-order valence-corrected chi connectivity index (χ4v) is 6.48. The van der Waals surface area contributed by atoms with E-state index in [0.717, 1.165) is 29.7 Å². The first kappa shape index (κ1) is 19.4. The molecule has 5 heteroatoms. The zero-order chi connectivity index (χ0) is 19.7. The highest BCUT2D eigenvalue weighted by Gasteiger charge is 2.53. The van der Waals surface area contributed by atoms with E-state index >= 15 is 0 Å². The molecular formula is C23H33N3O2. The Hall–Kier alpha value is -1.91. The van der Waals surface area contributed by atoms with Crippen molar-refractivity contribution >= 4 is 11.8 Å². The molecule has 0 spiro atoms. The molecule has 0 saturated heterocycles. The molecular weight excluding hydrogens is 350 g/mol. The molecule has 152 valence electrons. The number of nitrogens with zero attached hydrogens (tertiary/aromatic N) is 2. The van der Waals surface area contributed by atoms with Gasteiger partial charge in [0, 0.05) is 31.5 Å². The summed E-state index contributed by atoms with van der Waals surface area (Å²) in [6.45, 7) is 5.16. The van der Waals surface area contributed by atoms with Crippen LogP contribution in [0, 0.1) is 23.2 Å². The van der Waals surface area contributed by atoms with Crippen LogP contribution in [0.2, 0.25) is 0 Å². The number of carbonyl (C=O) groups is 2. The Kier molecular flexibility index (Phi) is 5.44. The van der Waals surface area contributed by atoms with Gasteiger partial charge in [0.2, 0.25) is 0 Å². The largest absolute Gasteiger partial charge is 0.345 e. The molecule has 1 aromatic heterocycles. The van der Waals surface area contributed by atoms with E-state index in [1.165, 1.54) is 38.5 Å². The van der Waals surface area contributed by atoms with Crippen molar-refractivity contribution in [2.75, 3.05) is 13.1 Å². The molecule has 4 aliphatic carbocycles. The lowest BCUT2D eigenvalue weighted by Crippen LogP contribution is -2.57. The summed E-state index contributed by atoms with van der Waals surface area (Å²) in [5.41, 5.74) is 1.35. The van der Waals surface area contributed by atoms with Gasteiger partial charge < -0.3 is 10.2 Å². The van der Waals surface area contributed by atoms with E-state index in [9.17, 15) is 9.59 Å². The number of carbonyl (C=O) groups excluding carboxylic acids is 2. The highest BCUT2D eigenvalue weighted by Crippen LogP contribution is 2.61. The molecule has 5 rings (SSSR count). The van der Waals surface area contributed by atoms with E-state index in [0.29, 0.717) is 13.1 Å². The van der Waals surface area contributed by atoms with Crippen molar-refractivity contribution in [3.8, 4) is 0 Å². The summed E-state index contributed by atoms with van der Waals surface area (Å²) in [4.78, 5) is 31.2. The fraction of sp³-hybridized carbons (Fsp3) is 0.696. The molecule has 4 aliphatic rings. The summed E-state index contributed by atoms with van der Waals surface area (Å²) >= 11 is 0. The summed E-state index contributed by atoms with van der Waals surface area (Å²) < 4.78 is 0. The number of aromatic nitrogens is 1. The molecule has 4 saturated carbocycles. The van der Waals surface area contributed by atoms with Crippen LogP contribution in [0.1, 0.15) is 57.9 Å². The van der Waals surface area contributed by atoms with Gasteiger partial charge in [-0.25, -0.2) is 0 Å². The van der Waals surface area contributed by atoms with Gasteiger partial charge >= 0.3 is 11.8 Å². The van der Waals surface area contributed by atoms with E-state index in [2.05, 4.69) is 17.2 Å². The molecule has 28 heavy (non-hydrogen) atoms. The highest BCUT2D eigenvalue weighted by molar-refractivity contribution is 6.35. The molecule has 0 aromatic carbocycles. The van der Waals surface area contributed by atoms with Crippen molar-refractivity contribution < 1.29 is 9.59 Å². The number of amides is 2. The average molecular weight is 384 g/mol. The van der Waals surface area contributed by atoms with Gasteiger partial charge in [0.05, 0.1) is 0 Å². The van der Waals surface area contributed by atoms with E-state index < -0.39 is 11.8 Å². The van der Waals surface area contributed by atoms with Crippen LogP contribution in [0.25, 0.3) is 0 Å². The van der Waals surface area contributed by atoms with Gasteiger partial charge in [-0.15, -0.1) is 0 Å². The van der Waals surface area contributed by atoms with Gasteiger partial charge in [-0.3, -0.25) is 14.6 Å². The van der Waals surface area contributed by atoms with E-state index in [1.807, 2.05) is 19.1 Å². The van der Waals surface area contributed by atoms with Crippen LogP contribution in [0.15, 0.2) is 24.5 Å². The van der Waals surface area contributed by atoms with Crippen LogP contribution in [0.5, 0.6) is 0 Å². The first-order chi connectivity index (χ1) is 13.5. The summed E-state index contributed by atoms with van der Waals surface area (Å²) in [6, 6.07) is 3.98. The third-order valence-electron chi connectivity index (χ3n) is 7.63. The maximum absolute atomic E-state index is 12.8. The molecule has 0 aliphatic heterocycles. The van der Waals surface area contributed by atoms with Gasteiger partial charge in [0.15, 0.2) is 0 Å². The molecule has 1 heterocycles. The lowest BCUT2D eigenvalue weighted by atomic mass is 9.48. The van der Waals surface area contributed by atoms with Crippen molar-refractivity contribution in [3.63, 3.8) is 0 Å². The van der Waals surface area contributed by atoms with Gasteiger partial charge in [-0.1, -0.05) is 0 Å². The maximum atomic E-state index is 12.8. The average Bonchev–Trinajstić information content (AvgIpc) is 2.68. The predicted octanol–water partition coefficient (Wildman–Crippen LogP) is 3.19. The molecule has 2 amide bonds. The Morgan fingerprint density at radius 3 is 2.25 bits per heavy atom. The second-order valence-corrected chi connectivity index (χ2v) is 9.47. The normalized spacial score (nSPS) is 31.4. The fourth-order valence-electron chi connectivity index (χ4n) is 6.48. The quantitative estimate of drug-likeness (QED) is 0.768. The summed E-state index contributed by atoms with van der Waals surface area (Å²) in [5.74, 6) is 1.70. The van der Waals surface area contributed by atoms with Gasteiger partial charge in [-0.2, -0.15) is 0 Å².